The lowest BCUT2D eigenvalue weighted by Gasteiger charge is -2.11. The first-order valence-electron chi connectivity index (χ1n) is 8.22. The van der Waals surface area contributed by atoms with Gasteiger partial charge < -0.3 is 21.1 Å². The summed E-state index contributed by atoms with van der Waals surface area (Å²) in [5.74, 6) is -2.33. The van der Waals surface area contributed by atoms with Gasteiger partial charge in [-0.1, -0.05) is 6.07 Å². The fourth-order valence-electron chi connectivity index (χ4n) is 2.34. The lowest BCUT2D eigenvalue weighted by molar-refractivity contribution is 0.100. The summed E-state index contributed by atoms with van der Waals surface area (Å²) in [5, 5.41) is 14.0. The molecule has 1 amide bonds. The van der Waals surface area contributed by atoms with Crippen LogP contribution in [0.15, 0.2) is 48.7 Å². The van der Waals surface area contributed by atoms with Crippen molar-refractivity contribution in [3.8, 4) is 11.8 Å². The molecule has 0 aliphatic carbocycles. The van der Waals surface area contributed by atoms with E-state index in [2.05, 4.69) is 20.6 Å². The number of carbonyl (C=O) groups is 1. The van der Waals surface area contributed by atoms with E-state index in [0.29, 0.717) is 5.69 Å². The number of halogens is 2. The van der Waals surface area contributed by atoms with Crippen molar-refractivity contribution < 1.29 is 18.3 Å². The van der Waals surface area contributed by atoms with E-state index >= 15 is 0 Å². The smallest absolute Gasteiger partial charge is 0.248 e. The van der Waals surface area contributed by atoms with Gasteiger partial charge in [-0.15, -0.1) is 0 Å². The molecule has 0 saturated heterocycles. The quantitative estimate of drug-likeness (QED) is 0.560. The monoisotopic (exact) mass is 396 g/mol. The number of aromatic nitrogens is 2. The van der Waals surface area contributed by atoms with E-state index in [0.717, 1.165) is 12.3 Å². The predicted octanol–water partition coefficient (Wildman–Crippen LogP) is 3.24. The molecule has 0 spiro atoms. The summed E-state index contributed by atoms with van der Waals surface area (Å²) >= 11 is 0. The molecule has 29 heavy (non-hydrogen) atoms. The van der Waals surface area contributed by atoms with Gasteiger partial charge in [-0.3, -0.25) is 4.79 Å². The number of carbonyl (C=O) groups excluding carboxylic acids is 1. The Kier molecular flexibility index (Phi) is 5.80. The van der Waals surface area contributed by atoms with Crippen LogP contribution < -0.4 is 21.1 Å². The second-order valence-corrected chi connectivity index (χ2v) is 5.68. The van der Waals surface area contributed by atoms with E-state index in [9.17, 15) is 13.6 Å². The van der Waals surface area contributed by atoms with Crippen molar-refractivity contribution in [2.24, 2.45) is 5.73 Å². The number of hydrogen-bond acceptors (Lipinski definition) is 7. The number of nitrogens with zero attached hydrogens (tertiary/aromatic N) is 3. The van der Waals surface area contributed by atoms with Crippen LogP contribution in [0.4, 0.5) is 31.9 Å². The van der Waals surface area contributed by atoms with Gasteiger partial charge in [0.1, 0.15) is 6.07 Å². The fraction of sp³-hybridized carbons (Fsp3) is 0.0526. The van der Waals surface area contributed by atoms with Gasteiger partial charge >= 0.3 is 0 Å². The van der Waals surface area contributed by atoms with Gasteiger partial charge in [0.25, 0.3) is 0 Å². The Morgan fingerprint density at radius 1 is 1.14 bits per heavy atom. The molecule has 3 rings (SSSR count). The van der Waals surface area contributed by atoms with E-state index in [-0.39, 0.29) is 35.4 Å². The molecule has 2 aromatic carbocycles. The first-order chi connectivity index (χ1) is 14.0. The van der Waals surface area contributed by atoms with Crippen molar-refractivity contribution in [2.45, 2.75) is 0 Å². The van der Waals surface area contributed by atoms with Crippen molar-refractivity contribution in [3.05, 3.63) is 65.9 Å². The van der Waals surface area contributed by atoms with E-state index in [1.165, 1.54) is 18.2 Å². The Bertz CT molecular complexity index is 1100. The molecule has 10 heteroatoms. The normalized spacial score (nSPS) is 10.1. The molecule has 0 bridgehead atoms. The Balaban J connectivity index is 1.79. The second kappa shape index (κ2) is 8.62. The number of nitrogens with two attached hydrogens (primary N) is 1. The molecule has 1 heterocycles. The highest BCUT2D eigenvalue weighted by molar-refractivity contribution is 5.93. The number of nitrogens with one attached hydrogen (secondary N) is 2. The summed E-state index contributed by atoms with van der Waals surface area (Å²) in [6.45, 7) is -0.295. The van der Waals surface area contributed by atoms with Crippen LogP contribution in [0.2, 0.25) is 0 Å². The molecule has 0 radical (unpaired) electrons. The number of rotatable bonds is 7. The topological polar surface area (TPSA) is 126 Å². The van der Waals surface area contributed by atoms with Gasteiger partial charge in [-0.25, -0.2) is 13.8 Å². The summed E-state index contributed by atoms with van der Waals surface area (Å²) in [6.07, 6.45) is 0.941. The second-order valence-electron chi connectivity index (χ2n) is 5.68. The SMILES string of the molecule is N#CCOc1ccc(Nc2nc(Nc3cccc(C(N)=O)c3)ncc2F)cc1F. The Morgan fingerprint density at radius 2 is 1.93 bits per heavy atom. The zero-order chi connectivity index (χ0) is 20.8. The summed E-state index contributed by atoms with van der Waals surface area (Å²) in [4.78, 5) is 19.1. The van der Waals surface area contributed by atoms with Crippen LogP contribution in [-0.4, -0.2) is 22.5 Å². The van der Waals surface area contributed by atoms with Crippen molar-refractivity contribution in [1.29, 1.82) is 5.26 Å². The molecule has 3 aromatic rings. The van der Waals surface area contributed by atoms with Crippen LogP contribution in [0.25, 0.3) is 0 Å². The zero-order valence-electron chi connectivity index (χ0n) is 14.8. The van der Waals surface area contributed by atoms with Crippen LogP contribution in [0.3, 0.4) is 0 Å². The van der Waals surface area contributed by atoms with Gasteiger partial charge in [0, 0.05) is 23.0 Å². The number of nitriles is 1. The molecule has 0 unspecified atom stereocenters. The number of primary amides is 1. The first kappa shape index (κ1) is 19.5. The Morgan fingerprint density at radius 3 is 2.66 bits per heavy atom. The minimum atomic E-state index is -0.758. The van der Waals surface area contributed by atoms with Gasteiger partial charge in [0.05, 0.1) is 6.20 Å². The number of anilines is 4. The van der Waals surface area contributed by atoms with E-state index < -0.39 is 17.5 Å². The van der Waals surface area contributed by atoms with E-state index in [1.807, 2.05) is 0 Å². The highest BCUT2D eigenvalue weighted by Gasteiger charge is 2.11. The molecular formula is C19H14F2N6O2. The Labute approximate surface area is 164 Å². The molecule has 146 valence electrons. The van der Waals surface area contributed by atoms with Gasteiger partial charge in [0.2, 0.25) is 11.9 Å². The lowest BCUT2D eigenvalue weighted by atomic mass is 10.2. The molecule has 0 aliphatic heterocycles. The van der Waals surface area contributed by atoms with E-state index in [1.54, 1.807) is 24.3 Å². The van der Waals surface area contributed by atoms with Crippen molar-refractivity contribution >= 4 is 29.0 Å². The molecule has 0 aliphatic rings. The number of ether oxygens (including phenoxy) is 1. The minimum Gasteiger partial charge on any atom is -0.476 e. The minimum absolute atomic E-state index is 0.0463. The summed E-state index contributed by atoms with van der Waals surface area (Å²) in [5.41, 5.74) is 6.21. The van der Waals surface area contributed by atoms with Crippen molar-refractivity contribution in [2.75, 3.05) is 17.2 Å². The average Bonchev–Trinajstić information content (AvgIpc) is 2.70. The fourth-order valence-corrected chi connectivity index (χ4v) is 2.34. The van der Waals surface area contributed by atoms with Crippen molar-refractivity contribution in [1.82, 2.24) is 9.97 Å². The molecular weight excluding hydrogens is 382 g/mol. The van der Waals surface area contributed by atoms with Gasteiger partial charge in [0.15, 0.2) is 29.8 Å². The molecule has 8 nitrogen and oxygen atoms in total. The van der Waals surface area contributed by atoms with Crippen LogP contribution in [0, 0.1) is 23.0 Å². The number of hydrogen-bond donors (Lipinski definition) is 3. The van der Waals surface area contributed by atoms with Crippen LogP contribution in [-0.2, 0) is 0 Å². The van der Waals surface area contributed by atoms with Crippen LogP contribution in [0.5, 0.6) is 5.75 Å². The van der Waals surface area contributed by atoms with Gasteiger partial charge in [-0.05, 0) is 30.3 Å². The maximum absolute atomic E-state index is 14.1. The zero-order valence-corrected chi connectivity index (χ0v) is 14.8. The summed E-state index contributed by atoms with van der Waals surface area (Å²) in [6, 6.07) is 11.9. The summed E-state index contributed by atoms with van der Waals surface area (Å²) < 4.78 is 33.0. The largest absolute Gasteiger partial charge is 0.476 e. The predicted molar refractivity (Wildman–Crippen MR) is 101 cm³/mol. The highest BCUT2D eigenvalue weighted by Crippen LogP contribution is 2.25. The third kappa shape index (κ3) is 4.92. The molecule has 0 saturated carbocycles. The third-order valence-electron chi connectivity index (χ3n) is 3.63. The van der Waals surface area contributed by atoms with Crippen LogP contribution >= 0.6 is 0 Å². The highest BCUT2D eigenvalue weighted by atomic mass is 19.1. The maximum Gasteiger partial charge on any atom is 0.248 e. The van der Waals surface area contributed by atoms with Crippen LogP contribution in [0.1, 0.15) is 10.4 Å². The first-order valence-corrected chi connectivity index (χ1v) is 8.22. The summed E-state index contributed by atoms with van der Waals surface area (Å²) in [7, 11) is 0. The number of benzene rings is 2. The molecule has 0 fully saturated rings. The standard InChI is InChI=1S/C19H14F2N6O2/c20-14-9-13(4-5-16(14)29-7-6-22)25-18-15(21)10-24-19(27-18)26-12-3-1-2-11(8-12)17(23)28/h1-5,8-10H,7H2,(H2,23,28)(H2,24,25,26,27). The lowest BCUT2D eigenvalue weighted by Crippen LogP contribution is -2.11. The van der Waals surface area contributed by atoms with E-state index in [4.69, 9.17) is 15.7 Å². The molecule has 0 atom stereocenters. The Hall–Kier alpha value is -4.26. The van der Waals surface area contributed by atoms with Gasteiger partial charge in [-0.2, -0.15) is 10.2 Å². The molecule has 1 aromatic heterocycles. The number of amides is 1. The molecule has 4 N–H and O–H groups in total. The average molecular weight is 396 g/mol. The maximum atomic E-state index is 14.1. The van der Waals surface area contributed by atoms with Crippen molar-refractivity contribution in [3.63, 3.8) is 0 Å². The third-order valence-corrected chi connectivity index (χ3v) is 3.63.